The second kappa shape index (κ2) is 6.82. The highest BCUT2D eigenvalue weighted by Crippen LogP contribution is 2.43. The Hall–Kier alpha value is -3.62. The second-order valence-corrected chi connectivity index (χ2v) is 12.3. The molecule has 0 bridgehead atoms. The van der Waals surface area contributed by atoms with E-state index >= 15 is 0 Å². The minimum Gasteiger partial charge on any atom is -0.312 e. The molecule has 0 saturated heterocycles. The first-order chi connectivity index (χ1) is 18.1. The Labute approximate surface area is 222 Å². The maximum Gasteiger partial charge on any atom is 0.246 e. The van der Waals surface area contributed by atoms with Crippen molar-refractivity contribution in [3.63, 3.8) is 0 Å². The third-order valence-corrected chi connectivity index (χ3v) is 10.4. The highest BCUT2D eigenvalue weighted by Gasteiger charge is 2.53. The van der Waals surface area contributed by atoms with Crippen LogP contribution in [0, 0.1) is 0 Å². The van der Waals surface area contributed by atoms with Crippen molar-refractivity contribution in [3.8, 4) is 0 Å². The van der Waals surface area contributed by atoms with Gasteiger partial charge in [-0.05, 0) is 58.5 Å². The highest BCUT2D eigenvalue weighted by molar-refractivity contribution is 8.00. The zero-order chi connectivity index (χ0) is 24.5. The molecule has 0 atom stereocenters. The SMILES string of the molecule is CC1(C)c2cccc3c2B2c4c(cccc4N3c3ccccc3)B3c4ccccc4Sc4ccc1c2c43. The van der Waals surface area contributed by atoms with E-state index in [0.717, 1.165) is 0 Å². The largest absolute Gasteiger partial charge is 0.312 e. The number of anilines is 3. The maximum absolute atomic E-state index is 2.52. The van der Waals surface area contributed by atoms with Gasteiger partial charge in [0.1, 0.15) is 0 Å². The van der Waals surface area contributed by atoms with Gasteiger partial charge in [0.15, 0.2) is 0 Å². The summed E-state index contributed by atoms with van der Waals surface area (Å²) in [5, 5.41) is 0. The molecule has 0 aliphatic carbocycles. The van der Waals surface area contributed by atoms with Crippen LogP contribution in [0.2, 0.25) is 0 Å². The van der Waals surface area contributed by atoms with Crippen LogP contribution in [0.15, 0.2) is 113 Å². The van der Waals surface area contributed by atoms with Crippen LogP contribution in [-0.2, 0) is 5.41 Å². The van der Waals surface area contributed by atoms with Gasteiger partial charge in [-0.15, -0.1) is 0 Å². The van der Waals surface area contributed by atoms with E-state index in [9.17, 15) is 0 Å². The summed E-state index contributed by atoms with van der Waals surface area (Å²) in [5.41, 5.74) is 15.8. The Bertz CT molecular complexity index is 1810. The van der Waals surface area contributed by atoms with Crippen molar-refractivity contribution in [2.45, 2.75) is 29.1 Å². The Morgan fingerprint density at radius 3 is 2.11 bits per heavy atom. The minimum atomic E-state index is -0.0649. The van der Waals surface area contributed by atoms with Gasteiger partial charge in [0.05, 0.1) is 0 Å². The molecule has 172 valence electrons. The van der Waals surface area contributed by atoms with E-state index < -0.39 is 0 Å². The average Bonchev–Trinajstić information content (AvgIpc) is 2.93. The topological polar surface area (TPSA) is 3.24 Å². The van der Waals surface area contributed by atoms with Crippen LogP contribution in [0.1, 0.15) is 25.0 Å². The number of nitrogens with zero attached hydrogens (tertiary/aromatic N) is 1. The van der Waals surface area contributed by atoms with Crippen molar-refractivity contribution in [3.05, 3.63) is 114 Å². The Morgan fingerprint density at radius 1 is 0.541 bits per heavy atom. The lowest BCUT2D eigenvalue weighted by Gasteiger charge is -2.50. The van der Waals surface area contributed by atoms with Crippen molar-refractivity contribution < 1.29 is 0 Å². The van der Waals surface area contributed by atoms with Crippen molar-refractivity contribution in [2.75, 3.05) is 4.90 Å². The molecule has 0 N–H and O–H groups in total. The molecule has 0 saturated carbocycles. The molecule has 1 nitrogen and oxygen atoms in total. The molecule has 37 heavy (non-hydrogen) atoms. The van der Waals surface area contributed by atoms with Crippen LogP contribution in [0.4, 0.5) is 17.1 Å². The number of rotatable bonds is 1. The van der Waals surface area contributed by atoms with Gasteiger partial charge in [-0.25, -0.2) is 0 Å². The van der Waals surface area contributed by atoms with Gasteiger partial charge in [-0.2, -0.15) is 0 Å². The van der Waals surface area contributed by atoms with Gasteiger partial charge in [0, 0.05) is 32.3 Å². The Balaban J connectivity index is 1.48. The number of fused-ring (bicyclic) bond motifs is 3. The summed E-state index contributed by atoms with van der Waals surface area (Å²) >= 11 is 1.96. The van der Waals surface area contributed by atoms with Gasteiger partial charge in [-0.1, -0.05) is 114 Å². The fourth-order valence-electron chi connectivity index (χ4n) is 7.76. The third kappa shape index (κ3) is 2.37. The molecular formula is C33H23B2NS. The number of benzene rings is 5. The van der Waals surface area contributed by atoms with E-state index in [-0.39, 0.29) is 18.8 Å². The molecule has 4 aliphatic rings. The predicted octanol–water partition coefficient (Wildman–Crippen LogP) is 3.92. The summed E-state index contributed by atoms with van der Waals surface area (Å²) in [4.78, 5) is 5.34. The molecule has 4 heterocycles. The first kappa shape index (κ1) is 20.4. The molecule has 5 aromatic carbocycles. The molecule has 4 aliphatic heterocycles. The van der Waals surface area contributed by atoms with E-state index in [4.69, 9.17) is 0 Å². The molecule has 0 spiro atoms. The van der Waals surface area contributed by atoms with Gasteiger partial charge < -0.3 is 4.90 Å². The van der Waals surface area contributed by atoms with E-state index in [2.05, 4.69) is 122 Å². The smallest absolute Gasteiger partial charge is 0.246 e. The van der Waals surface area contributed by atoms with Crippen molar-refractivity contribution in [1.29, 1.82) is 0 Å². The molecular weight excluding hydrogens is 464 g/mol. The van der Waals surface area contributed by atoms with Crippen LogP contribution >= 0.6 is 11.8 Å². The van der Waals surface area contributed by atoms with Crippen LogP contribution < -0.4 is 37.7 Å². The molecule has 9 rings (SSSR count). The third-order valence-electron chi connectivity index (χ3n) is 9.21. The normalized spacial score (nSPS) is 16.3. The van der Waals surface area contributed by atoms with Crippen LogP contribution in [0.3, 0.4) is 0 Å². The molecule has 0 aromatic heterocycles. The first-order valence-corrected chi connectivity index (χ1v) is 14.0. The molecule has 4 heteroatoms. The second-order valence-electron chi connectivity index (χ2n) is 11.3. The molecule has 0 unspecified atom stereocenters. The van der Waals surface area contributed by atoms with Crippen molar-refractivity contribution in [1.82, 2.24) is 0 Å². The summed E-state index contributed by atoms with van der Waals surface area (Å²) in [6, 6.07) is 38.9. The van der Waals surface area contributed by atoms with Gasteiger partial charge in [0.2, 0.25) is 13.4 Å². The molecule has 0 amide bonds. The van der Waals surface area contributed by atoms with E-state index in [1.165, 1.54) is 59.8 Å². The van der Waals surface area contributed by atoms with Gasteiger partial charge in [-0.3, -0.25) is 0 Å². The van der Waals surface area contributed by atoms with E-state index in [1.807, 2.05) is 11.8 Å². The lowest BCUT2D eigenvalue weighted by Crippen LogP contribution is -2.80. The lowest BCUT2D eigenvalue weighted by molar-refractivity contribution is 0.646. The summed E-state index contributed by atoms with van der Waals surface area (Å²) in [6.07, 6.45) is 0. The Morgan fingerprint density at radius 2 is 1.24 bits per heavy atom. The molecule has 0 fully saturated rings. The van der Waals surface area contributed by atoms with Gasteiger partial charge >= 0.3 is 0 Å². The van der Waals surface area contributed by atoms with E-state index in [0.29, 0.717) is 0 Å². The fraction of sp³-hybridized carbons (Fsp3) is 0.0909. The lowest BCUT2D eigenvalue weighted by atomic mass is 9.18. The Kier molecular flexibility index (Phi) is 3.77. The molecule has 5 aromatic rings. The van der Waals surface area contributed by atoms with Crippen molar-refractivity contribution >= 4 is 75.0 Å². The summed E-state index contributed by atoms with van der Waals surface area (Å²) in [5.74, 6) is 0. The van der Waals surface area contributed by atoms with Crippen LogP contribution in [-0.4, -0.2) is 13.4 Å². The van der Waals surface area contributed by atoms with Crippen LogP contribution in [0.5, 0.6) is 0 Å². The number of hydrogen-bond donors (Lipinski definition) is 0. The summed E-state index contributed by atoms with van der Waals surface area (Å²) in [6.45, 7) is 5.41. The van der Waals surface area contributed by atoms with Crippen molar-refractivity contribution in [2.24, 2.45) is 0 Å². The molecule has 0 radical (unpaired) electrons. The highest BCUT2D eigenvalue weighted by atomic mass is 32.2. The quantitative estimate of drug-likeness (QED) is 0.323. The summed E-state index contributed by atoms with van der Waals surface area (Å²) in [7, 11) is 0. The standard InChI is InChI=1S/C33H23B2NS/c1-33(2)21-12-8-15-25-29(21)35-30-22(33)18-19-28-32(30)34(23-13-6-7-17-27(23)37-28)24-14-9-16-26(31(24)35)36(25)20-10-4-3-5-11-20/h3-19H,1-2H3. The number of hydrogen-bond acceptors (Lipinski definition) is 2. The van der Waals surface area contributed by atoms with Gasteiger partial charge in [0.25, 0.3) is 0 Å². The van der Waals surface area contributed by atoms with E-state index in [1.54, 1.807) is 10.9 Å². The van der Waals surface area contributed by atoms with Crippen LogP contribution in [0.25, 0.3) is 0 Å². The predicted molar refractivity (Wildman–Crippen MR) is 160 cm³/mol. The average molecular weight is 487 g/mol. The summed E-state index contributed by atoms with van der Waals surface area (Å²) < 4.78 is 0. The fourth-order valence-corrected chi connectivity index (χ4v) is 8.92. The zero-order valence-electron chi connectivity index (χ0n) is 20.8. The minimum absolute atomic E-state index is 0.0649. The monoisotopic (exact) mass is 487 g/mol. The number of para-hydroxylation sites is 1. The maximum atomic E-state index is 2.52. The first-order valence-electron chi connectivity index (χ1n) is 13.2. The zero-order valence-corrected chi connectivity index (χ0v) is 21.6.